The van der Waals surface area contributed by atoms with Gasteiger partial charge in [0.05, 0.1) is 17.5 Å². The van der Waals surface area contributed by atoms with E-state index < -0.39 is 13.9 Å². The molecular formula is C35H45N3O4SSi. The van der Waals surface area contributed by atoms with E-state index in [9.17, 15) is 4.79 Å². The molecule has 4 aromatic rings. The summed E-state index contributed by atoms with van der Waals surface area (Å²) in [6, 6.07) is 18.5. The summed E-state index contributed by atoms with van der Waals surface area (Å²) in [5.41, 5.74) is 4.94. The molecule has 7 nitrogen and oxygen atoms in total. The summed E-state index contributed by atoms with van der Waals surface area (Å²) in [7, 11) is -1.97. The Morgan fingerprint density at radius 2 is 1.77 bits per heavy atom. The number of hydrogen-bond donors (Lipinski definition) is 0. The number of nitrogens with zero attached hydrogens (tertiary/aromatic N) is 3. The standard InChI is InChI=1S/C35H45N3O4SSi/c1-23-28(24-14-11-10-12-15-24)22-30(43-23)32-36-31(37-42-32)27-17-13-16-26-25(27)18-19-29(26)38(33(39)41-34(2,3)4)20-21-40-44(8,9)35(5,6)7/h10-17,22,29H,18-21H2,1-9H3/t29-/m1/s1. The smallest absolute Gasteiger partial charge is 0.410 e. The van der Waals surface area contributed by atoms with Crippen LogP contribution < -0.4 is 0 Å². The van der Waals surface area contributed by atoms with E-state index in [0.717, 1.165) is 34.4 Å². The minimum Gasteiger partial charge on any atom is -0.444 e. The van der Waals surface area contributed by atoms with E-state index in [0.29, 0.717) is 24.9 Å². The van der Waals surface area contributed by atoms with Crippen molar-refractivity contribution in [1.29, 1.82) is 0 Å². The molecule has 234 valence electrons. The minimum atomic E-state index is -1.97. The number of thiophene rings is 1. The molecule has 44 heavy (non-hydrogen) atoms. The lowest BCUT2D eigenvalue weighted by atomic mass is 10.0. The third-order valence-electron chi connectivity index (χ3n) is 8.72. The van der Waals surface area contributed by atoms with E-state index >= 15 is 0 Å². The van der Waals surface area contributed by atoms with Gasteiger partial charge in [-0.1, -0.05) is 74.5 Å². The Morgan fingerprint density at radius 3 is 2.45 bits per heavy atom. The van der Waals surface area contributed by atoms with Gasteiger partial charge in [-0.15, -0.1) is 11.3 Å². The third-order valence-corrected chi connectivity index (χ3v) is 14.3. The van der Waals surface area contributed by atoms with E-state index in [1.165, 1.54) is 16.0 Å². The summed E-state index contributed by atoms with van der Waals surface area (Å²) in [5.74, 6) is 1.08. The van der Waals surface area contributed by atoms with E-state index in [2.05, 4.69) is 70.2 Å². The van der Waals surface area contributed by atoms with Gasteiger partial charge < -0.3 is 13.7 Å². The lowest BCUT2D eigenvalue weighted by molar-refractivity contribution is 0.0125. The van der Waals surface area contributed by atoms with Crippen molar-refractivity contribution in [2.75, 3.05) is 13.2 Å². The quantitative estimate of drug-likeness (QED) is 0.180. The normalized spacial score (nSPS) is 15.3. The van der Waals surface area contributed by atoms with Crippen LogP contribution in [0.2, 0.25) is 18.1 Å². The van der Waals surface area contributed by atoms with Crippen LogP contribution in [0.15, 0.2) is 59.1 Å². The lowest BCUT2D eigenvalue weighted by Gasteiger charge is -2.38. The summed E-state index contributed by atoms with van der Waals surface area (Å²) in [6.07, 6.45) is 1.28. The number of benzene rings is 2. The Kier molecular flexibility index (Phi) is 8.95. The Labute approximate surface area is 266 Å². The van der Waals surface area contributed by atoms with Crippen molar-refractivity contribution >= 4 is 25.7 Å². The number of aryl methyl sites for hydroxylation is 1. The topological polar surface area (TPSA) is 77.7 Å². The fourth-order valence-electron chi connectivity index (χ4n) is 5.40. The van der Waals surface area contributed by atoms with Crippen LogP contribution in [0.5, 0.6) is 0 Å². The van der Waals surface area contributed by atoms with Gasteiger partial charge >= 0.3 is 6.09 Å². The van der Waals surface area contributed by atoms with Gasteiger partial charge in [0.2, 0.25) is 5.82 Å². The van der Waals surface area contributed by atoms with Crippen molar-refractivity contribution < 1.29 is 18.5 Å². The number of carbonyl (C=O) groups is 1. The van der Waals surface area contributed by atoms with Gasteiger partial charge in [0.25, 0.3) is 5.89 Å². The van der Waals surface area contributed by atoms with Crippen molar-refractivity contribution in [2.45, 2.75) is 91.1 Å². The highest BCUT2D eigenvalue weighted by Gasteiger charge is 2.39. The highest BCUT2D eigenvalue weighted by atomic mass is 32.1. The Hall–Kier alpha value is -3.27. The largest absolute Gasteiger partial charge is 0.444 e. The monoisotopic (exact) mass is 631 g/mol. The number of carbonyl (C=O) groups excluding carboxylic acids is 1. The summed E-state index contributed by atoms with van der Waals surface area (Å²) >= 11 is 1.66. The van der Waals surface area contributed by atoms with E-state index in [4.69, 9.17) is 18.7 Å². The molecule has 1 atom stereocenters. The molecule has 0 saturated heterocycles. The predicted octanol–water partition coefficient (Wildman–Crippen LogP) is 9.69. The highest BCUT2D eigenvalue weighted by Crippen LogP contribution is 2.42. The summed E-state index contributed by atoms with van der Waals surface area (Å²) < 4.78 is 18.2. The first kappa shape index (κ1) is 32.1. The molecule has 0 fully saturated rings. The first-order valence-electron chi connectivity index (χ1n) is 15.4. The molecule has 0 aliphatic heterocycles. The molecule has 2 aromatic heterocycles. The summed E-state index contributed by atoms with van der Waals surface area (Å²) in [6.45, 7) is 19.9. The first-order valence-corrected chi connectivity index (χ1v) is 19.1. The molecule has 1 aliphatic carbocycles. The van der Waals surface area contributed by atoms with Crippen LogP contribution in [0.3, 0.4) is 0 Å². The molecule has 0 saturated carbocycles. The Bertz CT molecular complexity index is 1610. The van der Waals surface area contributed by atoms with Gasteiger partial charge in [-0.05, 0) is 87.0 Å². The van der Waals surface area contributed by atoms with Gasteiger partial charge in [0.1, 0.15) is 5.60 Å². The second-order valence-corrected chi connectivity index (χ2v) is 20.1. The molecule has 0 radical (unpaired) electrons. The number of amides is 1. The zero-order chi connectivity index (χ0) is 31.9. The van der Waals surface area contributed by atoms with Crippen LogP contribution in [0, 0.1) is 6.92 Å². The predicted molar refractivity (Wildman–Crippen MR) is 180 cm³/mol. The maximum atomic E-state index is 13.6. The van der Waals surface area contributed by atoms with Crippen LogP contribution in [-0.2, 0) is 15.6 Å². The van der Waals surface area contributed by atoms with Crippen molar-refractivity contribution in [3.63, 3.8) is 0 Å². The zero-order valence-electron chi connectivity index (χ0n) is 27.5. The zero-order valence-corrected chi connectivity index (χ0v) is 29.3. The number of hydrogen-bond acceptors (Lipinski definition) is 7. The Balaban J connectivity index is 1.41. The van der Waals surface area contributed by atoms with Crippen LogP contribution in [-0.4, -0.2) is 48.2 Å². The van der Waals surface area contributed by atoms with Gasteiger partial charge in [0, 0.05) is 17.0 Å². The summed E-state index contributed by atoms with van der Waals surface area (Å²) in [4.78, 5) is 22.4. The number of aromatic nitrogens is 2. The molecular weight excluding hydrogens is 587 g/mol. The molecule has 5 rings (SSSR count). The molecule has 2 heterocycles. The first-order chi connectivity index (χ1) is 20.6. The second kappa shape index (κ2) is 12.3. The second-order valence-electron chi connectivity index (χ2n) is 14.1. The number of fused-ring (bicyclic) bond motifs is 1. The van der Waals surface area contributed by atoms with Crippen LogP contribution in [0.25, 0.3) is 33.3 Å². The Morgan fingerprint density at radius 1 is 1.05 bits per heavy atom. The minimum absolute atomic E-state index is 0.0903. The fraction of sp³-hybridized carbons (Fsp3) is 0.457. The van der Waals surface area contributed by atoms with Crippen LogP contribution >= 0.6 is 11.3 Å². The molecule has 9 heteroatoms. The molecule has 1 amide bonds. The van der Waals surface area contributed by atoms with E-state index in [-0.39, 0.29) is 17.2 Å². The van der Waals surface area contributed by atoms with Gasteiger partial charge in [-0.2, -0.15) is 4.98 Å². The summed E-state index contributed by atoms with van der Waals surface area (Å²) in [5, 5.41) is 4.50. The van der Waals surface area contributed by atoms with Crippen LogP contribution in [0.1, 0.15) is 70.0 Å². The van der Waals surface area contributed by atoms with Gasteiger partial charge in [0.15, 0.2) is 8.32 Å². The average molecular weight is 632 g/mol. The molecule has 1 aliphatic rings. The van der Waals surface area contributed by atoms with E-state index in [1.54, 1.807) is 11.3 Å². The number of rotatable bonds is 8. The highest BCUT2D eigenvalue weighted by molar-refractivity contribution is 7.15. The molecule has 2 aromatic carbocycles. The van der Waals surface area contributed by atoms with Gasteiger partial charge in [-0.3, -0.25) is 4.90 Å². The third kappa shape index (κ3) is 6.85. The average Bonchev–Trinajstić information content (AvgIpc) is 3.68. The van der Waals surface area contributed by atoms with Crippen molar-refractivity contribution in [3.8, 4) is 33.3 Å². The van der Waals surface area contributed by atoms with Gasteiger partial charge in [-0.25, -0.2) is 4.79 Å². The van der Waals surface area contributed by atoms with Crippen molar-refractivity contribution in [3.05, 3.63) is 70.6 Å². The van der Waals surface area contributed by atoms with E-state index in [1.807, 2.05) is 56.0 Å². The SMILES string of the molecule is Cc1sc(-c2nc(-c3cccc4c3CC[C@H]4N(CCO[Si](C)(C)C(C)(C)C)C(=O)OC(C)(C)C)no2)cc1-c1ccccc1. The maximum absolute atomic E-state index is 13.6. The molecule has 0 bridgehead atoms. The number of ether oxygens (including phenoxy) is 1. The molecule has 0 unspecified atom stereocenters. The van der Waals surface area contributed by atoms with Crippen molar-refractivity contribution in [2.24, 2.45) is 0 Å². The maximum Gasteiger partial charge on any atom is 0.410 e. The van der Waals surface area contributed by atoms with Crippen LogP contribution in [0.4, 0.5) is 4.79 Å². The fourth-order valence-corrected chi connectivity index (χ4v) is 7.40. The lowest BCUT2D eigenvalue weighted by Crippen LogP contribution is -2.45. The molecule has 0 N–H and O–H groups in total. The van der Waals surface area contributed by atoms with Crippen molar-refractivity contribution in [1.82, 2.24) is 15.0 Å². The molecule has 0 spiro atoms.